The molecule has 3 aliphatic carbocycles. The number of fused-ring (bicyclic) bond motifs is 1. The molecule has 1 aromatic heterocycles. The number of rotatable bonds is 5. The molecule has 26 heavy (non-hydrogen) atoms. The Bertz CT molecular complexity index is 847. The molecule has 3 fully saturated rings. The van der Waals surface area contributed by atoms with Crippen LogP contribution in [-0.2, 0) is 0 Å². The van der Waals surface area contributed by atoms with Gasteiger partial charge in [-0.2, -0.15) is 0 Å². The Balaban J connectivity index is 1.53. The Hall–Kier alpha value is -1.73. The van der Waals surface area contributed by atoms with E-state index in [1.165, 1.54) is 18.1 Å². The van der Waals surface area contributed by atoms with E-state index in [0.29, 0.717) is 10.8 Å². The van der Waals surface area contributed by atoms with Crippen molar-refractivity contribution in [2.45, 2.75) is 57.5 Å². The van der Waals surface area contributed by atoms with Gasteiger partial charge >= 0.3 is 0 Å². The SMILES string of the molecule is CC(=N)/C(C)=C1\C(=N)Sc2c(NCC34CC(C(C)(C)O)(C3)C4)ncnc21. The van der Waals surface area contributed by atoms with Crippen LogP contribution in [0.4, 0.5) is 5.82 Å². The van der Waals surface area contributed by atoms with E-state index in [4.69, 9.17) is 10.8 Å². The molecule has 2 heterocycles. The number of anilines is 1. The molecule has 1 aliphatic heterocycles. The van der Waals surface area contributed by atoms with E-state index in [9.17, 15) is 5.11 Å². The fourth-order valence-corrected chi connectivity index (χ4v) is 5.71. The second-order valence-electron chi connectivity index (χ2n) is 8.68. The van der Waals surface area contributed by atoms with Crippen molar-refractivity contribution in [2.24, 2.45) is 10.8 Å². The molecule has 138 valence electrons. The van der Waals surface area contributed by atoms with Gasteiger partial charge in [0.1, 0.15) is 17.2 Å². The quantitative estimate of drug-likeness (QED) is 0.590. The van der Waals surface area contributed by atoms with Gasteiger partial charge in [-0.1, -0.05) is 11.8 Å². The van der Waals surface area contributed by atoms with Gasteiger partial charge in [-0.15, -0.1) is 0 Å². The van der Waals surface area contributed by atoms with Crippen molar-refractivity contribution in [2.75, 3.05) is 11.9 Å². The van der Waals surface area contributed by atoms with E-state index in [1.807, 2.05) is 20.8 Å². The van der Waals surface area contributed by atoms with Gasteiger partial charge < -0.3 is 15.8 Å². The summed E-state index contributed by atoms with van der Waals surface area (Å²) in [5.74, 6) is 0.775. The summed E-state index contributed by atoms with van der Waals surface area (Å²) in [5.41, 5.74) is 2.52. The molecule has 2 bridgehead atoms. The Labute approximate surface area is 157 Å². The molecule has 0 unspecified atom stereocenters. The van der Waals surface area contributed by atoms with E-state index in [2.05, 4.69) is 15.3 Å². The highest BCUT2D eigenvalue weighted by atomic mass is 32.2. The first-order chi connectivity index (χ1) is 12.1. The molecule has 1 aromatic rings. The largest absolute Gasteiger partial charge is 0.390 e. The first-order valence-electron chi connectivity index (χ1n) is 8.92. The van der Waals surface area contributed by atoms with Crippen molar-refractivity contribution in [3.63, 3.8) is 0 Å². The third-order valence-electron chi connectivity index (χ3n) is 6.48. The zero-order valence-electron chi connectivity index (χ0n) is 15.7. The normalized spacial score (nSPS) is 31.0. The van der Waals surface area contributed by atoms with Crippen LogP contribution in [0.25, 0.3) is 5.57 Å². The van der Waals surface area contributed by atoms with Gasteiger partial charge in [0.05, 0.1) is 16.2 Å². The maximum Gasteiger partial charge on any atom is 0.144 e. The molecule has 0 amide bonds. The summed E-state index contributed by atoms with van der Waals surface area (Å²) in [6, 6.07) is 0. The molecule has 7 heteroatoms. The predicted octanol–water partition coefficient (Wildman–Crippen LogP) is 3.73. The third-order valence-corrected chi connectivity index (χ3v) is 7.48. The van der Waals surface area contributed by atoms with Crippen LogP contribution in [0.5, 0.6) is 0 Å². The summed E-state index contributed by atoms with van der Waals surface area (Å²) in [6.07, 6.45) is 4.71. The molecule has 3 saturated carbocycles. The van der Waals surface area contributed by atoms with Gasteiger partial charge in [0.25, 0.3) is 0 Å². The number of hydrogen-bond acceptors (Lipinski definition) is 7. The van der Waals surface area contributed by atoms with E-state index < -0.39 is 5.60 Å². The monoisotopic (exact) mass is 371 g/mol. The van der Waals surface area contributed by atoms with Crippen molar-refractivity contribution in [3.8, 4) is 0 Å². The number of nitrogens with zero attached hydrogens (tertiary/aromatic N) is 2. The molecule has 0 saturated heterocycles. The topological polar surface area (TPSA) is 106 Å². The van der Waals surface area contributed by atoms with Crippen LogP contribution in [0.2, 0.25) is 0 Å². The van der Waals surface area contributed by atoms with E-state index in [0.717, 1.165) is 53.4 Å². The van der Waals surface area contributed by atoms with Crippen LogP contribution in [0.1, 0.15) is 52.7 Å². The second kappa shape index (κ2) is 5.39. The average molecular weight is 372 g/mol. The van der Waals surface area contributed by atoms with Crippen LogP contribution in [-0.4, -0.2) is 38.0 Å². The van der Waals surface area contributed by atoms with E-state index >= 15 is 0 Å². The van der Waals surface area contributed by atoms with Crippen LogP contribution < -0.4 is 5.32 Å². The maximum atomic E-state index is 10.3. The van der Waals surface area contributed by atoms with Crippen molar-refractivity contribution in [3.05, 3.63) is 17.6 Å². The Morgan fingerprint density at radius 2 is 1.96 bits per heavy atom. The lowest BCUT2D eigenvalue weighted by atomic mass is 9.31. The first kappa shape index (κ1) is 17.7. The van der Waals surface area contributed by atoms with E-state index in [1.54, 1.807) is 6.92 Å². The van der Waals surface area contributed by atoms with Crippen LogP contribution >= 0.6 is 11.8 Å². The minimum atomic E-state index is -0.600. The standard InChI is InChI=1S/C19H25N5OS/c1-10(11(2)20)12-13-14(26-15(12)21)16(24-9-23-13)22-8-18-5-19(6-18,7-18)17(3,4)25/h9,20-21,25H,5-8H2,1-4H3,(H,22,23,24)/b12-10-,20-11?,21-15?. The zero-order chi connectivity index (χ0) is 18.9. The number of aromatic nitrogens is 2. The molecular formula is C19H25N5OS. The van der Waals surface area contributed by atoms with Gasteiger partial charge in [-0.25, -0.2) is 9.97 Å². The average Bonchev–Trinajstić information content (AvgIpc) is 2.78. The van der Waals surface area contributed by atoms with Crippen molar-refractivity contribution in [1.82, 2.24) is 9.97 Å². The van der Waals surface area contributed by atoms with Crippen LogP contribution in [0, 0.1) is 21.6 Å². The fourth-order valence-electron chi connectivity index (χ4n) is 4.68. The summed E-state index contributed by atoms with van der Waals surface area (Å²) in [7, 11) is 0. The molecule has 0 radical (unpaired) electrons. The summed E-state index contributed by atoms with van der Waals surface area (Å²) in [4.78, 5) is 9.68. The minimum absolute atomic E-state index is 0.105. The number of hydrogen-bond donors (Lipinski definition) is 4. The molecule has 4 N–H and O–H groups in total. The fraction of sp³-hybridized carbons (Fsp3) is 0.579. The first-order valence-corrected chi connectivity index (χ1v) is 9.74. The lowest BCUT2D eigenvalue weighted by molar-refractivity contribution is -0.280. The summed E-state index contributed by atoms with van der Waals surface area (Å²) in [6.45, 7) is 8.29. The summed E-state index contributed by atoms with van der Waals surface area (Å²) in [5, 5.41) is 30.4. The lowest BCUT2D eigenvalue weighted by Gasteiger charge is -2.75. The Morgan fingerprint density at radius 1 is 1.31 bits per heavy atom. The van der Waals surface area contributed by atoms with Crippen LogP contribution in [0.3, 0.4) is 0 Å². The molecular weight excluding hydrogens is 346 g/mol. The highest BCUT2D eigenvalue weighted by molar-refractivity contribution is 8.15. The second-order valence-corrected chi connectivity index (χ2v) is 9.70. The van der Waals surface area contributed by atoms with Crippen molar-refractivity contribution < 1.29 is 5.11 Å². The zero-order valence-corrected chi connectivity index (χ0v) is 16.5. The highest BCUT2D eigenvalue weighted by Crippen LogP contribution is 2.76. The molecule has 6 nitrogen and oxygen atoms in total. The number of allylic oxidation sites excluding steroid dienone is 1. The smallest absolute Gasteiger partial charge is 0.144 e. The van der Waals surface area contributed by atoms with Crippen molar-refractivity contribution in [1.29, 1.82) is 10.8 Å². The van der Waals surface area contributed by atoms with Crippen LogP contribution in [0.15, 0.2) is 16.8 Å². The lowest BCUT2D eigenvalue weighted by Crippen LogP contribution is -2.71. The molecule has 5 rings (SSSR count). The predicted molar refractivity (Wildman–Crippen MR) is 105 cm³/mol. The van der Waals surface area contributed by atoms with E-state index in [-0.39, 0.29) is 10.8 Å². The highest BCUT2D eigenvalue weighted by Gasteiger charge is 2.72. The Kier molecular flexibility index (Phi) is 3.66. The van der Waals surface area contributed by atoms with Gasteiger partial charge in [0.2, 0.25) is 0 Å². The minimum Gasteiger partial charge on any atom is -0.390 e. The maximum absolute atomic E-state index is 10.3. The molecule has 0 atom stereocenters. The number of aliphatic hydroxyl groups is 1. The van der Waals surface area contributed by atoms with Gasteiger partial charge in [0.15, 0.2) is 0 Å². The molecule has 0 spiro atoms. The van der Waals surface area contributed by atoms with Gasteiger partial charge in [-0.05, 0) is 57.9 Å². The number of nitrogens with one attached hydrogen (secondary N) is 3. The molecule has 4 aliphatic rings. The van der Waals surface area contributed by atoms with Gasteiger partial charge in [-0.3, -0.25) is 5.41 Å². The third kappa shape index (κ3) is 2.36. The van der Waals surface area contributed by atoms with Gasteiger partial charge in [0, 0.05) is 23.2 Å². The van der Waals surface area contributed by atoms with Crippen molar-refractivity contribution >= 4 is 33.9 Å². The molecule has 0 aromatic carbocycles. The summed E-state index contributed by atoms with van der Waals surface area (Å²) >= 11 is 1.37. The Morgan fingerprint density at radius 3 is 2.54 bits per heavy atom. The summed E-state index contributed by atoms with van der Waals surface area (Å²) < 4.78 is 0. The number of thioether (sulfide) groups is 1.